The first-order valence-electron chi connectivity index (χ1n) is 12.4. The molecule has 0 aromatic carbocycles. The van der Waals surface area contributed by atoms with Gasteiger partial charge in [-0.1, -0.05) is 135 Å². The maximum atomic E-state index is 2.30. The van der Waals surface area contributed by atoms with E-state index < -0.39 is 0 Å². The smallest absolute Gasteiger partial charge is 0.00248 e. The molecule has 0 atom stereocenters. The molecule has 1 nitrogen and oxygen atoms in total. The summed E-state index contributed by atoms with van der Waals surface area (Å²) in [6.07, 6.45) is 30.8. The van der Waals surface area contributed by atoms with Gasteiger partial charge in [-0.25, -0.2) is 0 Å². The molecule has 0 aromatic heterocycles. The SMILES string of the molecule is CCCCCCCCCCCCCCCCCCCCCCCN(C)C. The third-order valence-corrected chi connectivity index (χ3v) is 5.71. The van der Waals surface area contributed by atoms with E-state index in [2.05, 4.69) is 25.9 Å². The summed E-state index contributed by atoms with van der Waals surface area (Å²) in [6, 6.07) is 0. The molecule has 0 saturated heterocycles. The minimum Gasteiger partial charge on any atom is -0.309 e. The van der Waals surface area contributed by atoms with Crippen LogP contribution in [0.2, 0.25) is 0 Å². The lowest BCUT2D eigenvalue weighted by atomic mass is 10.0. The third kappa shape index (κ3) is 24.0. The summed E-state index contributed by atoms with van der Waals surface area (Å²) in [5, 5.41) is 0. The van der Waals surface area contributed by atoms with Gasteiger partial charge >= 0.3 is 0 Å². The number of rotatable bonds is 22. The van der Waals surface area contributed by atoms with Crippen LogP contribution >= 0.6 is 0 Å². The molecule has 0 amide bonds. The molecule has 26 heavy (non-hydrogen) atoms. The molecule has 0 aliphatic carbocycles. The highest BCUT2D eigenvalue weighted by Gasteiger charge is 1.96. The molecule has 0 rings (SSSR count). The highest BCUT2D eigenvalue weighted by atomic mass is 15.0. The van der Waals surface area contributed by atoms with Gasteiger partial charge in [-0.3, -0.25) is 0 Å². The highest BCUT2D eigenvalue weighted by Crippen LogP contribution is 2.15. The standard InChI is InChI=1S/C25H53N/c1-4-5-6-7-8-9-10-11-12-13-14-15-16-17-18-19-20-21-22-23-24-25-26(2)3/h4-25H2,1-3H3. The Kier molecular flexibility index (Phi) is 23.0. The van der Waals surface area contributed by atoms with Crippen molar-refractivity contribution >= 4 is 0 Å². The minimum atomic E-state index is 1.26. The largest absolute Gasteiger partial charge is 0.309 e. The number of hydrogen-bond donors (Lipinski definition) is 0. The van der Waals surface area contributed by atoms with Crippen LogP contribution in [0.1, 0.15) is 142 Å². The van der Waals surface area contributed by atoms with Crippen LogP contribution in [0.15, 0.2) is 0 Å². The summed E-state index contributed by atoms with van der Waals surface area (Å²) in [5.74, 6) is 0. The highest BCUT2D eigenvalue weighted by molar-refractivity contribution is 4.51. The lowest BCUT2D eigenvalue weighted by molar-refractivity contribution is 0.389. The molecule has 0 bridgehead atoms. The van der Waals surface area contributed by atoms with Gasteiger partial charge in [0.15, 0.2) is 0 Å². The topological polar surface area (TPSA) is 3.24 Å². The van der Waals surface area contributed by atoms with Gasteiger partial charge in [0.1, 0.15) is 0 Å². The van der Waals surface area contributed by atoms with Crippen LogP contribution < -0.4 is 0 Å². The molecule has 0 spiro atoms. The van der Waals surface area contributed by atoms with Crippen molar-refractivity contribution in [3.63, 3.8) is 0 Å². The Morgan fingerprint density at radius 3 is 0.808 bits per heavy atom. The number of hydrogen-bond acceptors (Lipinski definition) is 1. The van der Waals surface area contributed by atoms with E-state index in [-0.39, 0.29) is 0 Å². The zero-order valence-electron chi connectivity index (χ0n) is 19.0. The van der Waals surface area contributed by atoms with E-state index in [0.717, 1.165) is 0 Å². The van der Waals surface area contributed by atoms with Gasteiger partial charge in [0.2, 0.25) is 0 Å². The molecule has 0 N–H and O–H groups in total. The molecule has 158 valence electrons. The van der Waals surface area contributed by atoms with Crippen molar-refractivity contribution < 1.29 is 0 Å². The quantitative estimate of drug-likeness (QED) is 0.173. The molecule has 0 fully saturated rings. The van der Waals surface area contributed by atoms with Crippen LogP contribution in [0.4, 0.5) is 0 Å². The Labute approximate surface area is 167 Å². The van der Waals surface area contributed by atoms with Crippen LogP contribution in [0.5, 0.6) is 0 Å². The van der Waals surface area contributed by atoms with Gasteiger partial charge in [-0.05, 0) is 27.1 Å². The second-order valence-electron chi connectivity index (χ2n) is 8.87. The fraction of sp³-hybridized carbons (Fsp3) is 1.00. The Hall–Kier alpha value is -0.0400. The van der Waals surface area contributed by atoms with Crippen molar-refractivity contribution in [1.82, 2.24) is 4.90 Å². The van der Waals surface area contributed by atoms with Crippen LogP contribution in [-0.2, 0) is 0 Å². The average molecular weight is 368 g/mol. The summed E-state index contributed by atoms with van der Waals surface area (Å²) in [4.78, 5) is 2.30. The summed E-state index contributed by atoms with van der Waals surface area (Å²) < 4.78 is 0. The van der Waals surface area contributed by atoms with Crippen molar-refractivity contribution in [2.45, 2.75) is 142 Å². The Bertz CT molecular complexity index is 236. The molecule has 0 radical (unpaired) electrons. The van der Waals surface area contributed by atoms with E-state index in [1.54, 1.807) is 0 Å². The summed E-state index contributed by atoms with van der Waals surface area (Å²) >= 11 is 0. The second-order valence-corrected chi connectivity index (χ2v) is 8.87. The lowest BCUT2D eigenvalue weighted by Crippen LogP contribution is -2.12. The minimum absolute atomic E-state index is 1.26. The van der Waals surface area contributed by atoms with Crippen LogP contribution in [-0.4, -0.2) is 25.5 Å². The van der Waals surface area contributed by atoms with Crippen LogP contribution in [0.25, 0.3) is 0 Å². The van der Waals surface area contributed by atoms with E-state index in [9.17, 15) is 0 Å². The van der Waals surface area contributed by atoms with Crippen molar-refractivity contribution in [3.05, 3.63) is 0 Å². The van der Waals surface area contributed by atoms with Crippen molar-refractivity contribution in [1.29, 1.82) is 0 Å². The second kappa shape index (κ2) is 23.0. The van der Waals surface area contributed by atoms with E-state index in [0.29, 0.717) is 0 Å². The monoisotopic (exact) mass is 367 g/mol. The van der Waals surface area contributed by atoms with E-state index in [1.165, 1.54) is 141 Å². The summed E-state index contributed by atoms with van der Waals surface area (Å²) in [7, 11) is 4.35. The molecule has 0 aliphatic heterocycles. The van der Waals surface area contributed by atoms with Crippen molar-refractivity contribution in [2.75, 3.05) is 20.6 Å². The van der Waals surface area contributed by atoms with Crippen LogP contribution in [0, 0.1) is 0 Å². The molecule has 0 aliphatic rings. The maximum Gasteiger partial charge on any atom is -0.00248 e. The number of unbranched alkanes of at least 4 members (excludes halogenated alkanes) is 20. The Morgan fingerprint density at radius 2 is 0.577 bits per heavy atom. The van der Waals surface area contributed by atoms with E-state index >= 15 is 0 Å². The van der Waals surface area contributed by atoms with E-state index in [1.807, 2.05) is 0 Å². The fourth-order valence-corrected chi connectivity index (χ4v) is 3.86. The molecule has 1 heteroatoms. The first-order valence-corrected chi connectivity index (χ1v) is 12.4. The van der Waals surface area contributed by atoms with Crippen LogP contribution in [0.3, 0.4) is 0 Å². The molecule has 0 saturated carbocycles. The van der Waals surface area contributed by atoms with Gasteiger partial charge in [0.05, 0.1) is 0 Å². The Balaban J connectivity index is 2.97. The van der Waals surface area contributed by atoms with Gasteiger partial charge in [0, 0.05) is 0 Å². The van der Waals surface area contributed by atoms with Gasteiger partial charge < -0.3 is 4.90 Å². The molecular weight excluding hydrogens is 314 g/mol. The Morgan fingerprint density at radius 1 is 0.346 bits per heavy atom. The first-order chi connectivity index (χ1) is 12.8. The van der Waals surface area contributed by atoms with Crippen molar-refractivity contribution in [3.8, 4) is 0 Å². The van der Waals surface area contributed by atoms with Gasteiger partial charge in [-0.2, -0.15) is 0 Å². The third-order valence-electron chi connectivity index (χ3n) is 5.71. The molecule has 0 heterocycles. The zero-order chi connectivity index (χ0) is 19.1. The zero-order valence-corrected chi connectivity index (χ0v) is 19.0. The summed E-state index contributed by atoms with van der Waals surface area (Å²) in [5.41, 5.74) is 0. The molecular formula is C25H53N. The average Bonchev–Trinajstić information content (AvgIpc) is 2.62. The predicted molar refractivity (Wildman–Crippen MR) is 121 cm³/mol. The van der Waals surface area contributed by atoms with Crippen molar-refractivity contribution in [2.24, 2.45) is 0 Å². The number of nitrogens with zero attached hydrogens (tertiary/aromatic N) is 1. The summed E-state index contributed by atoms with van der Waals surface area (Å²) in [6.45, 7) is 3.56. The maximum absolute atomic E-state index is 2.30. The van der Waals surface area contributed by atoms with E-state index in [4.69, 9.17) is 0 Å². The molecule has 0 unspecified atom stereocenters. The normalized spacial score (nSPS) is 11.5. The van der Waals surface area contributed by atoms with Gasteiger partial charge in [-0.15, -0.1) is 0 Å². The van der Waals surface area contributed by atoms with Gasteiger partial charge in [0.25, 0.3) is 0 Å². The molecule has 0 aromatic rings. The lowest BCUT2D eigenvalue weighted by Gasteiger charge is -2.08. The first kappa shape index (κ1) is 26.0. The fourth-order valence-electron chi connectivity index (χ4n) is 3.86. The predicted octanol–water partition coefficient (Wildman–Crippen LogP) is 8.76.